The van der Waals surface area contributed by atoms with Gasteiger partial charge in [0.25, 0.3) is 0 Å². The minimum atomic E-state index is 0.658. The predicted octanol–water partition coefficient (Wildman–Crippen LogP) is 3.06. The molecule has 0 fully saturated rings. The topological polar surface area (TPSA) is 94.3 Å². The van der Waals surface area contributed by atoms with Crippen molar-refractivity contribution >= 4 is 22.7 Å². The van der Waals surface area contributed by atoms with E-state index in [1.807, 2.05) is 24.5 Å². The molecular formula is C18H18N8. The van der Waals surface area contributed by atoms with Crippen LogP contribution < -0.4 is 5.32 Å². The number of fused-ring (bicyclic) bond motifs is 1. The summed E-state index contributed by atoms with van der Waals surface area (Å²) in [5, 5.41) is 3.34. The van der Waals surface area contributed by atoms with Crippen molar-refractivity contribution in [3.63, 3.8) is 0 Å². The SMILES string of the molecule is CCn1c(-c2cnc(C)nc2)nc2c(Nc3ccncc3C)ncnc21. The van der Waals surface area contributed by atoms with E-state index in [1.54, 1.807) is 31.1 Å². The third kappa shape index (κ3) is 2.75. The summed E-state index contributed by atoms with van der Waals surface area (Å²) in [6.45, 7) is 6.64. The number of nitrogens with one attached hydrogen (secondary N) is 1. The van der Waals surface area contributed by atoms with E-state index >= 15 is 0 Å². The molecule has 0 aliphatic rings. The van der Waals surface area contributed by atoms with E-state index in [0.29, 0.717) is 11.3 Å². The summed E-state index contributed by atoms with van der Waals surface area (Å²) < 4.78 is 2.04. The molecule has 8 nitrogen and oxygen atoms in total. The minimum absolute atomic E-state index is 0.658. The number of rotatable bonds is 4. The number of anilines is 2. The van der Waals surface area contributed by atoms with Gasteiger partial charge >= 0.3 is 0 Å². The Labute approximate surface area is 150 Å². The molecule has 0 saturated carbocycles. The smallest absolute Gasteiger partial charge is 0.165 e. The van der Waals surface area contributed by atoms with Crippen molar-refractivity contribution in [3.05, 3.63) is 48.6 Å². The van der Waals surface area contributed by atoms with Crippen LogP contribution >= 0.6 is 0 Å². The quantitative estimate of drug-likeness (QED) is 0.607. The molecule has 8 heteroatoms. The van der Waals surface area contributed by atoms with E-state index in [-0.39, 0.29) is 0 Å². The lowest BCUT2D eigenvalue weighted by atomic mass is 10.2. The van der Waals surface area contributed by atoms with Crippen molar-refractivity contribution in [2.24, 2.45) is 0 Å². The van der Waals surface area contributed by atoms with Gasteiger partial charge in [-0.15, -0.1) is 0 Å². The van der Waals surface area contributed by atoms with Crippen molar-refractivity contribution in [1.82, 2.24) is 34.5 Å². The summed E-state index contributed by atoms with van der Waals surface area (Å²) >= 11 is 0. The molecule has 0 aliphatic carbocycles. The molecule has 0 spiro atoms. The molecule has 0 amide bonds. The number of hydrogen-bond acceptors (Lipinski definition) is 7. The van der Waals surface area contributed by atoms with Crippen molar-refractivity contribution in [2.45, 2.75) is 27.3 Å². The van der Waals surface area contributed by atoms with Crippen LogP contribution in [0.3, 0.4) is 0 Å². The Morgan fingerprint density at radius 3 is 2.58 bits per heavy atom. The van der Waals surface area contributed by atoms with Gasteiger partial charge < -0.3 is 9.88 Å². The number of aryl methyl sites for hydroxylation is 3. The highest BCUT2D eigenvalue weighted by molar-refractivity contribution is 5.88. The lowest BCUT2D eigenvalue weighted by molar-refractivity contribution is 0.785. The van der Waals surface area contributed by atoms with Crippen molar-refractivity contribution in [2.75, 3.05) is 5.32 Å². The lowest BCUT2D eigenvalue weighted by Gasteiger charge is -2.08. The van der Waals surface area contributed by atoms with Crippen LogP contribution in [0.5, 0.6) is 0 Å². The zero-order valence-corrected chi connectivity index (χ0v) is 14.8. The molecule has 0 unspecified atom stereocenters. The molecule has 1 N–H and O–H groups in total. The van der Waals surface area contributed by atoms with Crippen LogP contribution in [-0.4, -0.2) is 34.5 Å². The molecule has 0 atom stereocenters. The van der Waals surface area contributed by atoms with Crippen molar-refractivity contribution in [1.29, 1.82) is 0 Å². The zero-order valence-electron chi connectivity index (χ0n) is 14.8. The zero-order chi connectivity index (χ0) is 18.1. The molecule has 4 aromatic rings. The summed E-state index contributed by atoms with van der Waals surface area (Å²) in [5.41, 5.74) is 4.29. The molecule has 0 saturated heterocycles. The first-order chi connectivity index (χ1) is 12.7. The molecule has 4 heterocycles. The molecule has 0 aliphatic heterocycles. The summed E-state index contributed by atoms with van der Waals surface area (Å²) in [6, 6.07) is 1.91. The van der Waals surface area contributed by atoms with E-state index < -0.39 is 0 Å². The first-order valence-electron chi connectivity index (χ1n) is 8.35. The van der Waals surface area contributed by atoms with Gasteiger partial charge in [0.05, 0.1) is 5.56 Å². The van der Waals surface area contributed by atoms with Gasteiger partial charge in [-0.25, -0.2) is 24.9 Å². The fourth-order valence-corrected chi connectivity index (χ4v) is 2.80. The van der Waals surface area contributed by atoms with Gasteiger partial charge in [-0.2, -0.15) is 0 Å². The second-order valence-corrected chi connectivity index (χ2v) is 5.91. The molecular weight excluding hydrogens is 328 g/mol. The fourth-order valence-electron chi connectivity index (χ4n) is 2.80. The largest absolute Gasteiger partial charge is 0.338 e. The predicted molar refractivity (Wildman–Crippen MR) is 99.0 cm³/mol. The normalized spacial score (nSPS) is 11.0. The standard InChI is InChI=1S/C18H18N8/c1-4-26-17(13-8-20-12(3)21-9-13)25-15-16(22-10-23-18(15)26)24-14-5-6-19-7-11(14)2/h5-10H,4H2,1-3H3,(H,19,22,23,24). The Bertz CT molecular complexity index is 1070. The van der Waals surface area contributed by atoms with E-state index in [9.17, 15) is 0 Å². The van der Waals surface area contributed by atoms with Crippen LogP contribution in [0.2, 0.25) is 0 Å². The van der Waals surface area contributed by atoms with E-state index in [2.05, 4.69) is 37.2 Å². The third-order valence-corrected chi connectivity index (χ3v) is 4.16. The van der Waals surface area contributed by atoms with Crippen LogP contribution in [0, 0.1) is 13.8 Å². The Morgan fingerprint density at radius 2 is 1.85 bits per heavy atom. The van der Waals surface area contributed by atoms with E-state index in [4.69, 9.17) is 4.98 Å². The summed E-state index contributed by atoms with van der Waals surface area (Å²) in [6.07, 6.45) is 8.66. The van der Waals surface area contributed by atoms with Crippen LogP contribution in [0.15, 0.2) is 37.2 Å². The number of aromatic nitrogens is 7. The first-order valence-corrected chi connectivity index (χ1v) is 8.35. The van der Waals surface area contributed by atoms with Gasteiger partial charge in [-0.05, 0) is 32.4 Å². The van der Waals surface area contributed by atoms with Crippen LogP contribution in [0.25, 0.3) is 22.6 Å². The number of nitrogens with zero attached hydrogens (tertiary/aromatic N) is 7. The highest BCUT2D eigenvalue weighted by Gasteiger charge is 2.17. The molecule has 0 bridgehead atoms. The van der Waals surface area contributed by atoms with Crippen LogP contribution in [0.4, 0.5) is 11.5 Å². The third-order valence-electron chi connectivity index (χ3n) is 4.16. The number of hydrogen-bond donors (Lipinski definition) is 1. The van der Waals surface area contributed by atoms with Crippen LogP contribution in [-0.2, 0) is 6.54 Å². The van der Waals surface area contributed by atoms with E-state index in [0.717, 1.165) is 40.7 Å². The fraction of sp³-hybridized carbons (Fsp3) is 0.222. The number of pyridine rings is 1. The second-order valence-electron chi connectivity index (χ2n) is 5.91. The Kier molecular flexibility index (Phi) is 4.00. The molecule has 130 valence electrons. The van der Waals surface area contributed by atoms with Gasteiger partial charge in [0, 0.05) is 37.0 Å². The molecule has 4 rings (SSSR count). The molecule has 26 heavy (non-hydrogen) atoms. The van der Waals surface area contributed by atoms with Crippen molar-refractivity contribution in [3.8, 4) is 11.4 Å². The maximum absolute atomic E-state index is 4.79. The average Bonchev–Trinajstić information content (AvgIpc) is 3.04. The molecule has 4 aromatic heterocycles. The van der Waals surface area contributed by atoms with Gasteiger partial charge in [0.2, 0.25) is 0 Å². The van der Waals surface area contributed by atoms with Gasteiger partial charge in [0.1, 0.15) is 18.0 Å². The monoisotopic (exact) mass is 346 g/mol. The summed E-state index contributed by atoms with van der Waals surface area (Å²) in [7, 11) is 0. The van der Waals surface area contributed by atoms with Gasteiger partial charge in [0.15, 0.2) is 17.0 Å². The maximum atomic E-state index is 4.79. The Morgan fingerprint density at radius 1 is 1.04 bits per heavy atom. The van der Waals surface area contributed by atoms with Gasteiger partial charge in [-0.1, -0.05) is 0 Å². The van der Waals surface area contributed by atoms with Crippen LogP contribution in [0.1, 0.15) is 18.3 Å². The highest BCUT2D eigenvalue weighted by Crippen LogP contribution is 2.28. The van der Waals surface area contributed by atoms with Crippen molar-refractivity contribution < 1.29 is 0 Å². The Balaban J connectivity index is 1.86. The average molecular weight is 346 g/mol. The summed E-state index contributed by atoms with van der Waals surface area (Å²) in [4.78, 5) is 26.3. The molecule has 0 aromatic carbocycles. The van der Waals surface area contributed by atoms with Gasteiger partial charge in [-0.3, -0.25) is 4.98 Å². The maximum Gasteiger partial charge on any atom is 0.165 e. The first kappa shape index (κ1) is 16.1. The Hall–Kier alpha value is -3.42. The number of imidazole rings is 1. The summed E-state index contributed by atoms with van der Waals surface area (Å²) in [5.74, 6) is 2.16. The molecule has 0 radical (unpaired) electrons. The lowest BCUT2D eigenvalue weighted by Crippen LogP contribution is -2.01. The highest BCUT2D eigenvalue weighted by atomic mass is 15.2. The second kappa shape index (κ2) is 6.47. The van der Waals surface area contributed by atoms with E-state index in [1.165, 1.54) is 0 Å². The minimum Gasteiger partial charge on any atom is -0.338 e.